The predicted octanol–water partition coefficient (Wildman–Crippen LogP) is 2.68. The standard InChI is InChI=1S/C22H20FN3O5S/c1-31-17-5-2-13(3-6-17)18-10-16-8-14(18)11-25(16)21(27)12-26-22(28)24-19-7-4-15(23)9-20(19)32(26,29)30/h2-7,9-10,14,16H,8,11-12H2,1H3,(H,24,28)/t14-,16-/m1/s1. The molecule has 0 saturated carbocycles. The van der Waals surface area contributed by atoms with E-state index in [0.29, 0.717) is 10.8 Å². The Hall–Kier alpha value is -3.40. The van der Waals surface area contributed by atoms with Crippen molar-refractivity contribution < 1.29 is 27.1 Å². The molecule has 32 heavy (non-hydrogen) atoms. The minimum Gasteiger partial charge on any atom is -0.497 e. The van der Waals surface area contributed by atoms with E-state index < -0.39 is 34.3 Å². The number of urea groups is 1. The summed E-state index contributed by atoms with van der Waals surface area (Å²) in [7, 11) is -2.74. The summed E-state index contributed by atoms with van der Waals surface area (Å²) in [5.74, 6) is -0.320. The summed E-state index contributed by atoms with van der Waals surface area (Å²) >= 11 is 0. The van der Waals surface area contributed by atoms with Gasteiger partial charge in [-0.25, -0.2) is 21.9 Å². The van der Waals surface area contributed by atoms with Crippen molar-refractivity contribution in [2.45, 2.75) is 17.4 Å². The Kier molecular flexibility index (Phi) is 4.70. The highest BCUT2D eigenvalue weighted by molar-refractivity contribution is 7.90. The largest absolute Gasteiger partial charge is 0.497 e. The van der Waals surface area contributed by atoms with Crippen LogP contribution in [0.25, 0.3) is 5.57 Å². The molecule has 2 atom stereocenters. The molecular formula is C22H20FN3O5S. The number of benzene rings is 2. The van der Waals surface area contributed by atoms with Gasteiger partial charge in [0.2, 0.25) is 5.91 Å². The number of carbonyl (C=O) groups is 2. The van der Waals surface area contributed by atoms with Gasteiger partial charge in [-0.05, 0) is 47.9 Å². The highest BCUT2D eigenvalue weighted by atomic mass is 32.2. The van der Waals surface area contributed by atoms with Crippen LogP contribution in [0.2, 0.25) is 0 Å². The smallest absolute Gasteiger partial charge is 0.336 e. The van der Waals surface area contributed by atoms with E-state index in [2.05, 4.69) is 5.32 Å². The first-order valence-electron chi connectivity index (χ1n) is 10.1. The first kappa shape index (κ1) is 20.5. The van der Waals surface area contributed by atoms with Crippen LogP contribution in [0.3, 0.4) is 0 Å². The third-order valence-corrected chi connectivity index (χ3v) is 7.93. The number of amides is 3. The number of hydrogen-bond donors (Lipinski definition) is 1. The minimum absolute atomic E-state index is 0.00704. The molecule has 1 aliphatic carbocycles. The summed E-state index contributed by atoms with van der Waals surface area (Å²) in [5, 5.41) is 2.41. The number of methoxy groups -OCH3 is 1. The van der Waals surface area contributed by atoms with Gasteiger partial charge in [-0.3, -0.25) is 4.79 Å². The Bertz CT molecular complexity index is 1260. The SMILES string of the molecule is COc1ccc(C2=C[C@H]3C[C@@H]2CN3C(=O)CN2C(=O)Nc3ccc(F)cc3S2(=O)=O)cc1. The molecule has 2 aromatic carbocycles. The fourth-order valence-electron chi connectivity index (χ4n) is 4.58. The second kappa shape index (κ2) is 7.33. The highest BCUT2D eigenvalue weighted by Gasteiger charge is 2.44. The van der Waals surface area contributed by atoms with E-state index in [1.807, 2.05) is 30.3 Å². The number of sulfonamides is 1. The van der Waals surface area contributed by atoms with Gasteiger partial charge in [0.1, 0.15) is 23.0 Å². The number of carbonyl (C=O) groups excluding carboxylic acids is 2. The van der Waals surface area contributed by atoms with Gasteiger partial charge in [-0.15, -0.1) is 0 Å². The average Bonchev–Trinajstić information content (AvgIpc) is 3.39. The van der Waals surface area contributed by atoms with Gasteiger partial charge in [-0.2, -0.15) is 0 Å². The monoisotopic (exact) mass is 457 g/mol. The van der Waals surface area contributed by atoms with Gasteiger partial charge >= 0.3 is 6.03 Å². The van der Waals surface area contributed by atoms with Gasteiger partial charge in [-0.1, -0.05) is 18.2 Å². The van der Waals surface area contributed by atoms with Crippen LogP contribution in [0, 0.1) is 11.7 Å². The lowest BCUT2D eigenvalue weighted by Crippen LogP contribution is -2.50. The molecule has 5 rings (SSSR count). The van der Waals surface area contributed by atoms with Crippen LogP contribution in [0.1, 0.15) is 12.0 Å². The van der Waals surface area contributed by atoms with E-state index in [-0.39, 0.29) is 22.5 Å². The van der Waals surface area contributed by atoms with Crippen LogP contribution in [0.5, 0.6) is 5.75 Å². The van der Waals surface area contributed by atoms with Crippen molar-refractivity contribution in [3.8, 4) is 5.75 Å². The predicted molar refractivity (Wildman–Crippen MR) is 114 cm³/mol. The first-order chi connectivity index (χ1) is 15.3. The molecule has 1 N–H and O–H groups in total. The van der Waals surface area contributed by atoms with Gasteiger partial charge in [0.25, 0.3) is 10.0 Å². The topological polar surface area (TPSA) is 96.0 Å². The van der Waals surface area contributed by atoms with E-state index in [0.717, 1.165) is 35.4 Å². The van der Waals surface area contributed by atoms with E-state index >= 15 is 0 Å². The summed E-state index contributed by atoms with van der Waals surface area (Å²) < 4.78 is 45.0. The maximum Gasteiger partial charge on any atom is 0.336 e. The molecule has 0 spiro atoms. The summed E-state index contributed by atoms with van der Waals surface area (Å²) in [6.07, 6.45) is 2.77. The van der Waals surface area contributed by atoms with Crippen LogP contribution >= 0.6 is 0 Å². The average molecular weight is 457 g/mol. The summed E-state index contributed by atoms with van der Waals surface area (Å²) in [6, 6.07) is 9.69. The Morgan fingerprint density at radius 3 is 2.62 bits per heavy atom. The second-order valence-corrected chi connectivity index (χ2v) is 9.81. The van der Waals surface area contributed by atoms with Gasteiger partial charge in [0.05, 0.1) is 18.8 Å². The maximum absolute atomic E-state index is 13.6. The number of halogens is 1. The molecule has 2 bridgehead atoms. The lowest BCUT2D eigenvalue weighted by Gasteiger charge is -2.32. The molecule has 2 aromatic rings. The number of anilines is 1. The molecule has 166 valence electrons. The number of rotatable bonds is 4. The number of hydrogen-bond acceptors (Lipinski definition) is 5. The molecule has 2 aliphatic heterocycles. The Morgan fingerprint density at radius 1 is 1.22 bits per heavy atom. The van der Waals surface area contributed by atoms with Crippen molar-refractivity contribution in [3.05, 3.63) is 59.9 Å². The number of fused-ring (bicyclic) bond motifs is 3. The molecule has 3 aliphatic rings. The maximum atomic E-state index is 13.6. The van der Waals surface area contributed by atoms with Crippen molar-refractivity contribution >= 4 is 33.2 Å². The fourth-order valence-corrected chi connectivity index (χ4v) is 6.02. The van der Waals surface area contributed by atoms with E-state index in [1.165, 1.54) is 6.07 Å². The van der Waals surface area contributed by atoms with Gasteiger partial charge in [0, 0.05) is 12.5 Å². The van der Waals surface area contributed by atoms with E-state index in [9.17, 15) is 22.4 Å². The number of likely N-dealkylation sites (tertiary alicyclic amines) is 1. The van der Waals surface area contributed by atoms with Crippen LogP contribution in [-0.2, 0) is 14.8 Å². The van der Waals surface area contributed by atoms with Crippen molar-refractivity contribution in [3.63, 3.8) is 0 Å². The number of nitrogens with zero attached hydrogens (tertiary/aromatic N) is 2. The van der Waals surface area contributed by atoms with Crippen LogP contribution in [0.15, 0.2) is 53.4 Å². The van der Waals surface area contributed by atoms with Crippen LogP contribution in [-0.4, -0.2) is 55.8 Å². The second-order valence-electron chi connectivity index (χ2n) is 7.98. The minimum atomic E-state index is -4.35. The van der Waals surface area contributed by atoms with Crippen molar-refractivity contribution in [1.29, 1.82) is 0 Å². The van der Waals surface area contributed by atoms with Crippen molar-refractivity contribution in [2.75, 3.05) is 25.5 Å². The molecule has 0 radical (unpaired) electrons. The molecular weight excluding hydrogens is 437 g/mol. The Balaban J connectivity index is 1.34. The van der Waals surface area contributed by atoms with Crippen LogP contribution < -0.4 is 10.1 Å². The molecule has 3 amide bonds. The molecule has 0 aromatic heterocycles. The highest BCUT2D eigenvalue weighted by Crippen LogP contribution is 2.43. The number of nitrogens with one attached hydrogen (secondary N) is 1. The third-order valence-electron chi connectivity index (χ3n) is 6.16. The third kappa shape index (κ3) is 3.22. The zero-order chi connectivity index (χ0) is 22.6. The normalized spacial score (nSPS) is 22.9. The zero-order valence-corrected chi connectivity index (χ0v) is 17.9. The quantitative estimate of drug-likeness (QED) is 0.762. The molecule has 0 unspecified atom stereocenters. The summed E-state index contributed by atoms with van der Waals surface area (Å²) in [6.45, 7) is -0.193. The Morgan fingerprint density at radius 2 is 1.97 bits per heavy atom. The zero-order valence-electron chi connectivity index (χ0n) is 17.1. The fraction of sp³-hybridized carbons (Fsp3) is 0.273. The lowest BCUT2D eigenvalue weighted by atomic mass is 9.95. The van der Waals surface area contributed by atoms with Crippen LogP contribution in [0.4, 0.5) is 14.9 Å². The number of ether oxygens (including phenoxy) is 1. The summed E-state index contributed by atoms with van der Waals surface area (Å²) in [5.41, 5.74) is 2.20. The van der Waals surface area contributed by atoms with Gasteiger partial charge in [0.15, 0.2) is 0 Å². The summed E-state index contributed by atoms with van der Waals surface area (Å²) in [4.78, 5) is 26.6. The van der Waals surface area contributed by atoms with Crippen molar-refractivity contribution in [1.82, 2.24) is 9.21 Å². The first-order valence-corrected chi connectivity index (χ1v) is 11.5. The molecule has 1 fully saturated rings. The molecule has 8 nitrogen and oxygen atoms in total. The molecule has 2 heterocycles. The molecule has 1 saturated heterocycles. The molecule has 10 heteroatoms. The van der Waals surface area contributed by atoms with E-state index in [1.54, 1.807) is 12.0 Å². The van der Waals surface area contributed by atoms with Gasteiger partial charge < -0.3 is 15.0 Å². The lowest BCUT2D eigenvalue weighted by molar-refractivity contribution is -0.131. The van der Waals surface area contributed by atoms with Crippen molar-refractivity contribution in [2.24, 2.45) is 5.92 Å². The Labute approximate surface area is 184 Å². The van der Waals surface area contributed by atoms with E-state index in [4.69, 9.17) is 4.74 Å².